The monoisotopic (exact) mass is 390 g/mol. The number of hydrogen-bond acceptors (Lipinski definition) is 4. The van der Waals surface area contributed by atoms with E-state index in [1.54, 1.807) is 28.9 Å². The van der Waals surface area contributed by atoms with E-state index in [0.29, 0.717) is 16.6 Å². The summed E-state index contributed by atoms with van der Waals surface area (Å²) in [5, 5.41) is 0.900. The zero-order valence-electron chi connectivity index (χ0n) is 16.8. The van der Waals surface area contributed by atoms with E-state index in [0.717, 1.165) is 73.9 Å². The van der Waals surface area contributed by atoms with Crippen molar-refractivity contribution in [3.63, 3.8) is 0 Å². The first-order valence-electron chi connectivity index (χ1n) is 10.7. The van der Waals surface area contributed by atoms with E-state index in [2.05, 4.69) is 6.92 Å². The van der Waals surface area contributed by atoms with Gasteiger partial charge in [0, 0.05) is 16.9 Å². The van der Waals surface area contributed by atoms with E-state index in [1.807, 2.05) is 0 Å². The van der Waals surface area contributed by atoms with Crippen LogP contribution in [0.3, 0.4) is 0 Å². The van der Waals surface area contributed by atoms with Crippen molar-refractivity contribution in [3.05, 3.63) is 61.8 Å². The summed E-state index contributed by atoms with van der Waals surface area (Å²) in [6, 6.07) is 6.82. The molecule has 2 aliphatic rings. The smallest absolute Gasteiger partial charge is 0.279 e. The SMILES string of the molecule is CCCCCC1c2c(nc3c(c2N)CCCC3)-n2c(=O)c3ccccc3c(=O)n21. The van der Waals surface area contributed by atoms with Gasteiger partial charge in [-0.2, -0.15) is 4.68 Å². The summed E-state index contributed by atoms with van der Waals surface area (Å²) >= 11 is 0. The van der Waals surface area contributed by atoms with E-state index < -0.39 is 0 Å². The van der Waals surface area contributed by atoms with Crippen LogP contribution in [0.5, 0.6) is 0 Å². The summed E-state index contributed by atoms with van der Waals surface area (Å²) in [6.45, 7) is 2.16. The molecule has 1 aliphatic heterocycles. The van der Waals surface area contributed by atoms with Crippen molar-refractivity contribution < 1.29 is 0 Å². The minimum Gasteiger partial charge on any atom is -0.398 e. The van der Waals surface area contributed by atoms with Gasteiger partial charge >= 0.3 is 0 Å². The lowest BCUT2D eigenvalue weighted by Crippen LogP contribution is -2.36. The van der Waals surface area contributed by atoms with Crippen LogP contribution in [-0.2, 0) is 12.8 Å². The quantitative estimate of drug-likeness (QED) is 0.691. The number of anilines is 1. The molecule has 150 valence electrons. The van der Waals surface area contributed by atoms with Crippen molar-refractivity contribution in [1.29, 1.82) is 0 Å². The molecule has 5 rings (SSSR count). The largest absolute Gasteiger partial charge is 0.398 e. The molecule has 1 aliphatic carbocycles. The van der Waals surface area contributed by atoms with Crippen LogP contribution in [0.15, 0.2) is 33.9 Å². The van der Waals surface area contributed by atoms with Crippen molar-refractivity contribution in [2.45, 2.75) is 64.3 Å². The normalized spacial score (nSPS) is 17.2. The zero-order chi connectivity index (χ0) is 20.1. The Morgan fingerprint density at radius 3 is 2.55 bits per heavy atom. The van der Waals surface area contributed by atoms with Gasteiger partial charge in [0.1, 0.15) is 0 Å². The highest BCUT2D eigenvalue weighted by molar-refractivity contribution is 5.81. The fourth-order valence-electron chi connectivity index (χ4n) is 5.00. The average Bonchev–Trinajstić information content (AvgIpc) is 3.07. The lowest BCUT2D eigenvalue weighted by atomic mass is 9.90. The first kappa shape index (κ1) is 18.2. The van der Waals surface area contributed by atoms with Gasteiger partial charge in [-0.25, -0.2) is 9.67 Å². The van der Waals surface area contributed by atoms with Crippen molar-refractivity contribution in [3.8, 4) is 5.82 Å². The Labute approximate surface area is 169 Å². The number of rotatable bonds is 4. The molecule has 0 bridgehead atoms. The molecule has 2 aromatic heterocycles. The molecule has 1 unspecified atom stereocenters. The van der Waals surface area contributed by atoms with E-state index in [9.17, 15) is 9.59 Å². The maximum absolute atomic E-state index is 13.5. The molecule has 0 radical (unpaired) electrons. The number of nitrogens with zero attached hydrogens (tertiary/aromatic N) is 3. The summed E-state index contributed by atoms with van der Waals surface area (Å²) in [6.07, 6.45) is 7.92. The second-order valence-corrected chi connectivity index (χ2v) is 8.22. The first-order valence-corrected chi connectivity index (χ1v) is 10.7. The number of aryl methyl sites for hydroxylation is 1. The molecule has 0 fully saturated rings. The minimum absolute atomic E-state index is 0.142. The van der Waals surface area contributed by atoms with Crippen LogP contribution in [0.4, 0.5) is 5.69 Å². The van der Waals surface area contributed by atoms with Gasteiger partial charge in [-0.1, -0.05) is 38.3 Å². The number of pyridine rings is 1. The summed E-state index contributed by atoms with van der Waals surface area (Å²) in [7, 11) is 0. The van der Waals surface area contributed by atoms with Gasteiger partial charge in [-0.05, 0) is 49.8 Å². The zero-order valence-corrected chi connectivity index (χ0v) is 16.8. The molecule has 0 saturated carbocycles. The molecule has 1 atom stereocenters. The molecule has 3 heterocycles. The highest BCUT2D eigenvalue weighted by Crippen LogP contribution is 2.41. The van der Waals surface area contributed by atoms with Crippen molar-refractivity contribution in [2.24, 2.45) is 0 Å². The van der Waals surface area contributed by atoms with Crippen LogP contribution in [0.1, 0.15) is 68.3 Å². The molecule has 0 amide bonds. The van der Waals surface area contributed by atoms with Gasteiger partial charge in [0.15, 0.2) is 5.82 Å². The lowest BCUT2D eigenvalue weighted by molar-refractivity contribution is 0.445. The van der Waals surface area contributed by atoms with Gasteiger partial charge in [-0.15, -0.1) is 0 Å². The van der Waals surface area contributed by atoms with Crippen LogP contribution in [0, 0.1) is 0 Å². The number of nitrogen functional groups attached to an aromatic ring is 1. The van der Waals surface area contributed by atoms with Crippen molar-refractivity contribution >= 4 is 16.5 Å². The third kappa shape index (κ3) is 2.58. The Kier molecular flexibility index (Phi) is 4.30. The number of benzene rings is 1. The topological polar surface area (TPSA) is 82.9 Å². The molecule has 2 N–H and O–H groups in total. The maximum atomic E-state index is 13.5. The molecule has 0 saturated heterocycles. The van der Waals surface area contributed by atoms with Gasteiger partial charge < -0.3 is 5.73 Å². The van der Waals surface area contributed by atoms with Crippen molar-refractivity contribution in [2.75, 3.05) is 5.73 Å². The van der Waals surface area contributed by atoms with Crippen LogP contribution in [-0.4, -0.2) is 14.3 Å². The van der Waals surface area contributed by atoms with Gasteiger partial charge in [0.05, 0.1) is 16.8 Å². The van der Waals surface area contributed by atoms with Crippen molar-refractivity contribution in [1.82, 2.24) is 14.3 Å². The van der Waals surface area contributed by atoms with Crippen LogP contribution in [0.2, 0.25) is 0 Å². The summed E-state index contributed by atoms with van der Waals surface area (Å²) in [4.78, 5) is 31.8. The van der Waals surface area contributed by atoms with Crippen LogP contribution in [0.25, 0.3) is 16.6 Å². The van der Waals surface area contributed by atoms with E-state index in [1.165, 1.54) is 4.68 Å². The standard InChI is InChI=1S/C23H26N4O2/c1-2-3-4-13-18-19-20(24)16-11-7-8-12-17(16)25-21(19)27-23(29)15-10-6-5-9-14(15)22(28)26(18)27/h5-6,9-10,18H,2-4,7-8,11-13H2,1H3,(H2,24,25). The summed E-state index contributed by atoms with van der Waals surface area (Å²) in [5.74, 6) is 0.567. The summed E-state index contributed by atoms with van der Waals surface area (Å²) < 4.78 is 3.13. The third-order valence-electron chi connectivity index (χ3n) is 6.45. The molecule has 6 heteroatoms. The number of aromatic nitrogens is 3. The fourth-order valence-corrected chi connectivity index (χ4v) is 5.00. The van der Waals surface area contributed by atoms with E-state index in [4.69, 9.17) is 10.7 Å². The average molecular weight is 390 g/mol. The van der Waals surface area contributed by atoms with Crippen LogP contribution >= 0.6 is 0 Å². The lowest BCUT2D eigenvalue weighted by Gasteiger charge is -2.21. The molecule has 29 heavy (non-hydrogen) atoms. The molecular formula is C23H26N4O2. The van der Waals surface area contributed by atoms with Gasteiger partial charge in [-0.3, -0.25) is 9.59 Å². The Balaban J connectivity index is 1.84. The first-order chi connectivity index (χ1) is 14.1. The van der Waals surface area contributed by atoms with E-state index in [-0.39, 0.29) is 17.2 Å². The number of unbranched alkanes of at least 4 members (excludes halogenated alkanes) is 2. The Bertz CT molecular complexity index is 1240. The van der Waals surface area contributed by atoms with E-state index >= 15 is 0 Å². The maximum Gasteiger partial charge on any atom is 0.279 e. The predicted molar refractivity (Wildman–Crippen MR) is 115 cm³/mol. The Morgan fingerprint density at radius 1 is 1.07 bits per heavy atom. The predicted octanol–water partition coefficient (Wildman–Crippen LogP) is 3.49. The minimum atomic E-state index is -0.235. The second kappa shape index (κ2) is 6.87. The molecule has 3 aromatic rings. The number of fused-ring (bicyclic) bond motifs is 5. The number of hydrogen-bond donors (Lipinski definition) is 1. The highest BCUT2D eigenvalue weighted by atomic mass is 16.2. The molecule has 0 spiro atoms. The van der Waals surface area contributed by atoms with Gasteiger partial charge in [0.2, 0.25) is 0 Å². The Hall–Kier alpha value is -2.89. The highest BCUT2D eigenvalue weighted by Gasteiger charge is 2.36. The molecule has 1 aromatic carbocycles. The van der Waals surface area contributed by atoms with Crippen LogP contribution < -0.4 is 16.9 Å². The molecule has 6 nitrogen and oxygen atoms in total. The second-order valence-electron chi connectivity index (χ2n) is 8.22. The molecular weight excluding hydrogens is 364 g/mol. The number of nitrogens with two attached hydrogens (primary N) is 1. The fraction of sp³-hybridized carbons (Fsp3) is 0.435. The Morgan fingerprint density at radius 2 is 1.79 bits per heavy atom. The summed E-state index contributed by atoms with van der Waals surface area (Å²) in [5.41, 5.74) is 10.1. The third-order valence-corrected chi connectivity index (χ3v) is 6.45. The van der Waals surface area contributed by atoms with Gasteiger partial charge in [0.25, 0.3) is 11.1 Å².